The molecule has 1 heterocycles. The number of ketones is 1. The number of aliphatic hydroxyl groups excluding tert-OH is 2. The van der Waals surface area contributed by atoms with Crippen LogP contribution in [0.1, 0.15) is 20.3 Å². The lowest BCUT2D eigenvalue weighted by molar-refractivity contribution is -0.162. The number of rotatable bonds is 7. The Labute approximate surface area is 119 Å². The SMILES string of the molecule is CC1(C)O[C@H]([C@H](O)CN=[N+]=[N-])[C@@H]([C@@H](O)CC(=O)C(=O)O)O1. The lowest BCUT2D eigenvalue weighted by atomic mass is 9.99. The molecule has 0 bridgehead atoms. The van der Waals surface area contributed by atoms with Gasteiger partial charge < -0.3 is 24.8 Å². The monoisotopic (exact) mass is 303 g/mol. The molecule has 118 valence electrons. The second-order valence-electron chi connectivity index (χ2n) is 5.05. The number of carboxylic acid groups (broad SMARTS) is 1. The molecule has 4 atom stereocenters. The molecule has 0 aliphatic carbocycles. The van der Waals surface area contributed by atoms with E-state index in [0.29, 0.717) is 0 Å². The Hall–Kier alpha value is -1.71. The fourth-order valence-corrected chi connectivity index (χ4v) is 2.03. The number of carboxylic acids is 1. The first kappa shape index (κ1) is 17.3. The van der Waals surface area contributed by atoms with Crippen LogP contribution in [0.15, 0.2) is 5.11 Å². The number of hydrogen-bond acceptors (Lipinski definition) is 7. The summed E-state index contributed by atoms with van der Waals surface area (Å²) in [6, 6.07) is 0. The summed E-state index contributed by atoms with van der Waals surface area (Å²) in [5, 5.41) is 31.6. The highest BCUT2D eigenvalue weighted by Gasteiger charge is 2.48. The van der Waals surface area contributed by atoms with Gasteiger partial charge in [0.1, 0.15) is 12.2 Å². The van der Waals surface area contributed by atoms with Crippen LogP contribution in [0.25, 0.3) is 10.4 Å². The maximum atomic E-state index is 11.1. The first-order chi connectivity index (χ1) is 9.68. The Morgan fingerprint density at radius 2 is 1.81 bits per heavy atom. The minimum Gasteiger partial charge on any atom is -0.475 e. The van der Waals surface area contributed by atoms with Crippen LogP contribution in [0.4, 0.5) is 0 Å². The van der Waals surface area contributed by atoms with Gasteiger partial charge in [-0.15, -0.1) is 0 Å². The molecule has 10 nitrogen and oxygen atoms in total. The molecule has 1 aliphatic rings. The molecule has 1 saturated heterocycles. The zero-order valence-electron chi connectivity index (χ0n) is 11.5. The predicted molar refractivity (Wildman–Crippen MR) is 67.1 cm³/mol. The summed E-state index contributed by atoms with van der Waals surface area (Å²) in [7, 11) is 0. The summed E-state index contributed by atoms with van der Waals surface area (Å²) in [5.41, 5.74) is 8.23. The fourth-order valence-electron chi connectivity index (χ4n) is 2.03. The minimum atomic E-state index is -1.67. The number of nitrogens with zero attached hydrogens (tertiary/aromatic N) is 3. The number of carbonyl (C=O) groups is 2. The Morgan fingerprint density at radius 3 is 2.29 bits per heavy atom. The van der Waals surface area contributed by atoms with E-state index in [1.165, 1.54) is 13.8 Å². The van der Waals surface area contributed by atoms with Gasteiger partial charge >= 0.3 is 5.97 Å². The van der Waals surface area contributed by atoms with Crippen molar-refractivity contribution in [2.45, 2.75) is 50.5 Å². The van der Waals surface area contributed by atoms with E-state index >= 15 is 0 Å². The summed E-state index contributed by atoms with van der Waals surface area (Å²) in [6.45, 7) is 2.76. The van der Waals surface area contributed by atoms with Gasteiger partial charge in [-0.2, -0.15) is 0 Å². The highest BCUT2D eigenvalue weighted by atomic mass is 16.8. The van der Waals surface area contributed by atoms with E-state index in [-0.39, 0.29) is 6.54 Å². The van der Waals surface area contributed by atoms with Crippen molar-refractivity contribution in [3.8, 4) is 0 Å². The number of aliphatic hydroxyl groups is 2. The van der Waals surface area contributed by atoms with Crippen LogP contribution in [-0.2, 0) is 19.1 Å². The van der Waals surface area contributed by atoms with Crippen LogP contribution in [0, 0.1) is 0 Å². The fraction of sp³-hybridized carbons (Fsp3) is 0.818. The first-order valence-corrected chi connectivity index (χ1v) is 6.16. The maximum absolute atomic E-state index is 11.1. The summed E-state index contributed by atoms with van der Waals surface area (Å²) < 4.78 is 10.8. The number of azide groups is 1. The van der Waals surface area contributed by atoms with Crippen molar-refractivity contribution in [1.29, 1.82) is 0 Å². The zero-order chi connectivity index (χ0) is 16.2. The Kier molecular flexibility index (Phi) is 5.64. The molecule has 1 rings (SSSR count). The molecular formula is C11H17N3O7. The molecule has 3 N–H and O–H groups in total. The molecule has 1 fully saturated rings. The van der Waals surface area contributed by atoms with Crippen molar-refractivity contribution in [1.82, 2.24) is 0 Å². The van der Waals surface area contributed by atoms with Gasteiger partial charge in [0.2, 0.25) is 5.78 Å². The van der Waals surface area contributed by atoms with Crippen LogP contribution in [0.3, 0.4) is 0 Å². The van der Waals surface area contributed by atoms with Crippen LogP contribution in [-0.4, -0.2) is 63.8 Å². The number of aliphatic carboxylic acids is 1. The smallest absolute Gasteiger partial charge is 0.372 e. The molecule has 0 aromatic rings. The van der Waals surface area contributed by atoms with Gasteiger partial charge in [-0.3, -0.25) is 4.79 Å². The van der Waals surface area contributed by atoms with Crippen molar-refractivity contribution < 1.29 is 34.4 Å². The summed E-state index contributed by atoms with van der Waals surface area (Å²) in [4.78, 5) is 24.1. The van der Waals surface area contributed by atoms with E-state index in [0.717, 1.165) is 0 Å². The maximum Gasteiger partial charge on any atom is 0.372 e. The third kappa shape index (κ3) is 4.66. The van der Waals surface area contributed by atoms with Gasteiger partial charge in [0.25, 0.3) is 0 Å². The molecule has 0 amide bonds. The van der Waals surface area contributed by atoms with Crippen molar-refractivity contribution in [2.75, 3.05) is 6.54 Å². The molecule has 0 unspecified atom stereocenters. The Bertz CT molecular complexity index is 461. The lowest BCUT2D eigenvalue weighted by Crippen LogP contribution is -2.44. The zero-order valence-corrected chi connectivity index (χ0v) is 11.5. The summed E-state index contributed by atoms with van der Waals surface area (Å²) in [6.07, 6.45) is -5.58. The van der Waals surface area contributed by atoms with Gasteiger partial charge in [-0.1, -0.05) is 5.11 Å². The normalized spacial score (nSPS) is 26.7. The van der Waals surface area contributed by atoms with Gasteiger partial charge in [0.05, 0.1) is 18.8 Å². The molecule has 21 heavy (non-hydrogen) atoms. The summed E-state index contributed by atoms with van der Waals surface area (Å²) in [5.74, 6) is -3.99. The quantitative estimate of drug-likeness (QED) is 0.249. The summed E-state index contributed by atoms with van der Waals surface area (Å²) >= 11 is 0. The molecule has 0 spiro atoms. The number of Topliss-reactive ketones (excluding diaryl/α,β-unsaturated/α-hetero) is 1. The number of hydrogen-bond donors (Lipinski definition) is 3. The van der Waals surface area contributed by atoms with Crippen LogP contribution in [0.2, 0.25) is 0 Å². The molecular weight excluding hydrogens is 286 g/mol. The van der Waals surface area contributed by atoms with Crippen LogP contribution in [0.5, 0.6) is 0 Å². The lowest BCUT2D eigenvalue weighted by Gasteiger charge is -2.24. The first-order valence-electron chi connectivity index (χ1n) is 6.16. The van der Waals surface area contributed by atoms with Crippen molar-refractivity contribution >= 4 is 11.8 Å². The third-order valence-corrected chi connectivity index (χ3v) is 2.89. The topological polar surface area (TPSA) is 162 Å². The average molecular weight is 303 g/mol. The second-order valence-corrected chi connectivity index (χ2v) is 5.05. The van der Waals surface area contributed by atoms with Crippen LogP contribution < -0.4 is 0 Å². The number of carbonyl (C=O) groups excluding carboxylic acids is 1. The molecule has 0 aromatic heterocycles. The molecule has 1 aliphatic heterocycles. The average Bonchev–Trinajstić information content (AvgIpc) is 2.72. The molecule has 0 saturated carbocycles. The van der Waals surface area contributed by atoms with E-state index < -0.39 is 48.4 Å². The minimum absolute atomic E-state index is 0.309. The van der Waals surface area contributed by atoms with Gasteiger partial charge in [0, 0.05) is 11.3 Å². The molecule has 10 heteroatoms. The predicted octanol–water partition coefficient (Wildman–Crippen LogP) is -0.418. The molecule has 0 radical (unpaired) electrons. The molecule has 0 aromatic carbocycles. The Morgan fingerprint density at radius 1 is 1.29 bits per heavy atom. The highest BCUT2D eigenvalue weighted by molar-refractivity contribution is 6.32. The largest absolute Gasteiger partial charge is 0.475 e. The Balaban J connectivity index is 2.82. The third-order valence-electron chi connectivity index (χ3n) is 2.89. The second kappa shape index (κ2) is 6.83. The van der Waals surface area contributed by atoms with Gasteiger partial charge in [0.15, 0.2) is 5.79 Å². The van der Waals surface area contributed by atoms with E-state index in [1.54, 1.807) is 0 Å². The van der Waals surface area contributed by atoms with E-state index in [1.807, 2.05) is 0 Å². The van der Waals surface area contributed by atoms with Gasteiger partial charge in [-0.05, 0) is 19.4 Å². The van der Waals surface area contributed by atoms with Crippen molar-refractivity contribution in [3.05, 3.63) is 10.4 Å². The van der Waals surface area contributed by atoms with Crippen molar-refractivity contribution in [3.63, 3.8) is 0 Å². The van der Waals surface area contributed by atoms with Crippen molar-refractivity contribution in [2.24, 2.45) is 5.11 Å². The number of ether oxygens (including phenoxy) is 2. The van der Waals surface area contributed by atoms with Crippen LogP contribution >= 0.6 is 0 Å². The van der Waals surface area contributed by atoms with E-state index in [4.69, 9.17) is 20.1 Å². The van der Waals surface area contributed by atoms with E-state index in [2.05, 4.69) is 10.0 Å². The van der Waals surface area contributed by atoms with Gasteiger partial charge in [-0.25, -0.2) is 4.79 Å². The highest BCUT2D eigenvalue weighted by Crippen LogP contribution is 2.32. The van der Waals surface area contributed by atoms with E-state index in [9.17, 15) is 19.8 Å². The standard InChI is InChI=1S/C11H17N3O7/c1-11(2)20-8(5(15)3-6(16)10(18)19)9(21-11)7(17)4-13-14-12/h5,7-9,15,17H,3-4H2,1-2H3,(H,18,19)/t5-,7+,8+,9+/m0/s1.